The van der Waals surface area contributed by atoms with Gasteiger partial charge in [-0.05, 0) is 23.3 Å². The molecule has 21 heavy (non-hydrogen) atoms. The zero-order chi connectivity index (χ0) is 15.0. The second kappa shape index (κ2) is 4.89. The maximum Gasteiger partial charge on any atom is 0.416 e. The number of alkyl halides is 3. The quantitative estimate of drug-likeness (QED) is 0.756. The average molecular weight is 292 g/mol. The molecule has 0 atom stereocenters. The van der Waals surface area contributed by atoms with Crippen LogP contribution >= 0.6 is 0 Å². The van der Waals surface area contributed by atoms with Crippen molar-refractivity contribution in [3.63, 3.8) is 0 Å². The Kier molecular flexibility index (Phi) is 3.17. The summed E-state index contributed by atoms with van der Waals surface area (Å²) in [5.41, 5.74) is 1.47. The first kappa shape index (κ1) is 13.6. The predicted molar refractivity (Wildman–Crippen MR) is 72.5 cm³/mol. The van der Waals surface area contributed by atoms with Gasteiger partial charge in [0.15, 0.2) is 0 Å². The maximum absolute atomic E-state index is 13.0. The van der Waals surface area contributed by atoms with Crippen molar-refractivity contribution in [1.29, 1.82) is 0 Å². The van der Waals surface area contributed by atoms with Gasteiger partial charge in [0.1, 0.15) is 0 Å². The summed E-state index contributed by atoms with van der Waals surface area (Å²) in [5.74, 6) is 0. The Bertz CT molecular complexity index is 793. The molecule has 2 N–H and O–H groups in total. The van der Waals surface area contributed by atoms with E-state index < -0.39 is 11.7 Å². The lowest BCUT2D eigenvalue weighted by atomic mass is 9.97. The maximum atomic E-state index is 13.0. The fourth-order valence-electron chi connectivity index (χ4n) is 2.34. The first-order valence-electron chi connectivity index (χ1n) is 6.24. The molecule has 3 rings (SSSR count). The van der Waals surface area contributed by atoms with Gasteiger partial charge in [0.25, 0.3) is 0 Å². The third-order valence-corrected chi connectivity index (χ3v) is 3.33. The number of hydrogen-bond donors (Lipinski definition) is 2. The van der Waals surface area contributed by atoms with E-state index in [-0.39, 0.29) is 6.61 Å². The summed E-state index contributed by atoms with van der Waals surface area (Å²) in [6, 6.07) is 8.89. The monoisotopic (exact) mass is 292 g/mol. The molecule has 0 aliphatic carbocycles. The number of halogens is 3. The van der Waals surface area contributed by atoms with Crippen molar-refractivity contribution in [3.05, 3.63) is 53.9 Å². The molecule has 0 saturated heterocycles. The van der Waals surface area contributed by atoms with Crippen LogP contribution in [0.4, 0.5) is 13.2 Å². The minimum atomic E-state index is -4.44. The van der Waals surface area contributed by atoms with Gasteiger partial charge in [0.05, 0.1) is 29.5 Å². The molecule has 0 amide bonds. The van der Waals surface area contributed by atoms with Crippen LogP contribution in [-0.4, -0.2) is 15.1 Å². The second-order valence-corrected chi connectivity index (χ2v) is 4.64. The molecule has 3 nitrogen and oxygen atoms in total. The summed E-state index contributed by atoms with van der Waals surface area (Å²) in [7, 11) is 0. The third-order valence-electron chi connectivity index (χ3n) is 3.33. The van der Waals surface area contributed by atoms with E-state index in [1.807, 2.05) is 0 Å². The normalized spacial score (nSPS) is 12.0. The van der Waals surface area contributed by atoms with Crippen LogP contribution in [-0.2, 0) is 12.8 Å². The van der Waals surface area contributed by atoms with E-state index in [4.69, 9.17) is 0 Å². The van der Waals surface area contributed by atoms with Crippen molar-refractivity contribution in [1.82, 2.24) is 9.97 Å². The lowest BCUT2D eigenvalue weighted by molar-refractivity contribution is -0.137. The summed E-state index contributed by atoms with van der Waals surface area (Å²) >= 11 is 0. The van der Waals surface area contributed by atoms with E-state index in [0.29, 0.717) is 27.7 Å². The fourth-order valence-corrected chi connectivity index (χ4v) is 2.34. The number of fused-ring (bicyclic) bond motifs is 1. The Balaban J connectivity index is 2.33. The van der Waals surface area contributed by atoms with Crippen LogP contribution in [0, 0.1) is 0 Å². The largest absolute Gasteiger partial charge is 0.416 e. The number of hydrogen-bond acceptors (Lipinski definition) is 2. The minimum absolute atomic E-state index is 0.252. The molecule has 2 aromatic carbocycles. The van der Waals surface area contributed by atoms with E-state index in [9.17, 15) is 18.3 Å². The molecule has 0 spiro atoms. The fraction of sp³-hybridized carbons (Fsp3) is 0.133. The van der Waals surface area contributed by atoms with Crippen molar-refractivity contribution < 1.29 is 18.3 Å². The molecule has 3 aromatic rings. The Morgan fingerprint density at radius 3 is 2.57 bits per heavy atom. The van der Waals surface area contributed by atoms with Gasteiger partial charge in [-0.15, -0.1) is 0 Å². The zero-order valence-electron chi connectivity index (χ0n) is 10.8. The zero-order valence-corrected chi connectivity index (χ0v) is 10.8. The van der Waals surface area contributed by atoms with Crippen LogP contribution in [0.1, 0.15) is 11.1 Å². The highest BCUT2D eigenvalue weighted by atomic mass is 19.4. The highest BCUT2D eigenvalue weighted by molar-refractivity contribution is 5.93. The summed E-state index contributed by atoms with van der Waals surface area (Å²) in [4.78, 5) is 6.80. The highest BCUT2D eigenvalue weighted by Crippen LogP contribution is 2.37. The number of nitrogens with one attached hydrogen (secondary N) is 1. The molecular formula is C15H11F3N2O. The van der Waals surface area contributed by atoms with E-state index in [0.717, 1.165) is 12.1 Å². The Morgan fingerprint density at radius 1 is 1.10 bits per heavy atom. The van der Waals surface area contributed by atoms with E-state index in [1.165, 1.54) is 6.33 Å². The topological polar surface area (TPSA) is 48.9 Å². The summed E-state index contributed by atoms with van der Waals surface area (Å²) in [6.45, 7) is -0.252. The standard InChI is InChI=1S/C15H11F3N2O/c16-15(17,18)10-5-12(14-13(6-10)19-8-20-14)11-4-2-1-3-9(11)7-21/h1-6,8,21H,7H2,(H,19,20). The number of aromatic nitrogens is 2. The summed E-state index contributed by atoms with van der Waals surface area (Å²) < 4.78 is 39.0. The van der Waals surface area contributed by atoms with Gasteiger partial charge in [-0.2, -0.15) is 13.2 Å². The number of benzene rings is 2. The van der Waals surface area contributed by atoms with Gasteiger partial charge in [0, 0.05) is 5.56 Å². The first-order valence-corrected chi connectivity index (χ1v) is 6.24. The molecule has 6 heteroatoms. The van der Waals surface area contributed by atoms with Crippen LogP contribution in [0.5, 0.6) is 0 Å². The lowest BCUT2D eigenvalue weighted by Crippen LogP contribution is -2.05. The van der Waals surface area contributed by atoms with Crippen molar-refractivity contribution in [3.8, 4) is 11.1 Å². The molecule has 0 saturated carbocycles. The minimum Gasteiger partial charge on any atom is -0.392 e. The van der Waals surface area contributed by atoms with Gasteiger partial charge >= 0.3 is 6.18 Å². The molecule has 0 bridgehead atoms. The Labute approximate surface area is 118 Å². The highest BCUT2D eigenvalue weighted by Gasteiger charge is 2.32. The van der Waals surface area contributed by atoms with Crippen molar-refractivity contribution >= 4 is 11.0 Å². The SMILES string of the molecule is OCc1ccccc1-c1cc(C(F)(F)F)cc2[nH]cnc12. The molecule has 0 aliphatic rings. The van der Waals surface area contributed by atoms with E-state index in [1.54, 1.807) is 24.3 Å². The average Bonchev–Trinajstić information content (AvgIpc) is 2.93. The van der Waals surface area contributed by atoms with Crippen molar-refractivity contribution in [2.24, 2.45) is 0 Å². The van der Waals surface area contributed by atoms with Crippen molar-refractivity contribution in [2.45, 2.75) is 12.8 Å². The number of aliphatic hydroxyl groups is 1. The Hall–Kier alpha value is -2.34. The number of imidazole rings is 1. The molecule has 1 aromatic heterocycles. The van der Waals surface area contributed by atoms with Gasteiger partial charge in [-0.1, -0.05) is 24.3 Å². The molecule has 0 radical (unpaired) electrons. The van der Waals surface area contributed by atoms with Gasteiger partial charge in [0.2, 0.25) is 0 Å². The second-order valence-electron chi connectivity index (χ2n) is 4.64. The number of aromatic amines is 1. The third kappa shape index (κ3) is 2.38. The van der Waals surface area contributed by atoms with Crippen LogP contribution in [0.25, 0.3) is 22.2 Å². The summed E-state index contributed by atoms with van der Waals surface area (Å²) in [6.07, 6.45) is -3.09. The van der Waals surface area contributed by atoms with Gasteiger partial charge in [-0.25, -0.2) is 4.98 Å². The Morgan fingerprint density at radius 2 is 1.86 bits per heavy atom. The lowest BCUT2D eigenvalue weighted by Gasteiger charge is -2.12. The molecule has 108 valence electrons. The molecule has 1 heterocycles. The van der Waals surface area contributed by atoms with Crippen LogP contribution < -0.4 is 0 Å². The van der Waals surface area contributed by atoms with Gasteiger partial charge < -0.3 is 10.1 Å². The van der Waals surface area contributed by atoms with Crippen LogP contribution in [0.3, 0.4) is 0 Å². The number of H-pyrrole nitrogens is 1. The molecule has 0 unspecified atom stereocenters. The molecule has 0 aliphatic heterocycles. The molecular weight excluding hydrogens is 281 g/mol. The first-order chi connectivity index (χ1) is 10.0. The van der Waals surface area contributed by atoms with E-state index >= 15 is 0 Å². The van der Waals surface area contributed by atoms with Gasteiger partial charge in [-0.3, -0.25) is 0 Å². The number of rotatable bonds is 2. The smallest absolute Gasteiger partial charge is 0.392 e. The van der Waals surface area contributed by atoms with Crippen LogP contribution in [0.2, 0.25) is 0 Å². The predicted octanol–water partition coefficient (Wildman–Crippen LogP) is 3.74. The number of nitrogens with zero attached hydrogens (tertiary/aromatic N) is 1. The van der Waals surface area contributed by atoms with Crippen LogP contribution in [0.15, 0.2) is 42.7 Å². The van der Waals surface area contributed by atoms with E-state index in [2.05, 4.69) is 9.97 Å². The number of aliphatic hydroxyl groups excluding tert-OH is 1. The van der Waals surface area contributed by atoms with Crippen molar-refractivity contribution in [2.75, 3.05) is 0 Å². The summed E-state index contributed by atoms with van der Waals surface area (Å²) in [5, 5.41) is 9.38. The molecule has 0 fully saturated rings.